The van der Waals surface area contributed by atoms with Crippen LogP contribution in [0.15, 0.2) is 46.9 Å². The Balaban J connectivity index is 1.86. The number of anilines is 1. The van der Waals surface area contributed by atoms with Crippen molar-refractivity contribution in [2.24, 2.45) is 0 Å². The number of nitrogens with one attached hydrogen (secondary N) is 2. The number of furan rings is 1. The number of benzene rings is 1. The third-order valence-corrected chi connectivity index (χ3v) is 3.42. The van der Waals surface area contributed by atoms with E-state index in [1.807, 2.05) is 37.3 Å². The van der Waals surface area contributed by atoms with Crippen LogP contribution < -0.4 is 10.6 Å². The van der Waals surface area contributed by atoms with Gasteiger partial charge in [-0.2, -0.15) is 0 Å². The lowest BCUT2D eigenvalue weighted by molar-refractivity contribution is -0.115. The van der Waals surface area contributed by atoms with E-state index < -0.39 is 0 Å². The first-order chi connectivity index (χ1) is 10.0. The molecule has 0 saturated heterocycles. The van der Waals surface area contributed by atoms with Gasteiger partial charge in [0, 0.05) is 15.3 Å². The number of amides is 1. The zero-order chi connectivity index (χ0) is 15.2. The Morgan fingerprint density at radius 1 is 1.24 bits per heavy atom. The fourth-order valence-electron chi connectivity index (χ4n) is 1.55. The molecule has 1 amide bonds. The first-order valence-corrected chi connectivity index (χ1v) is 7.64. The Labute approximate surface area is 141 Å². The molecule has 0 atom stereocenters. The van der Waals surface area contributed by atoms with Crippen LogP contribution in [-0.4, -0.2) is 11.0 Å². The van der Waals surface area contributed by atoms with Gasteiger partial charge >= 0.3 is 0 Å². The highest BCUT2D eigenvalue weighted by molar-refractivity contribution is 14.1. The van der Waals surface area contributed by atoms with Gasteiger partial charge < -0.3 is 9.73 Å². The molecular formula is C15H13IN2O2S. The van der Waals surface area contributed by atoms with Crippen molar-refractivity contribution in [2.45, 2.75) is 6.92 Å². The monoisotopic (exact) mass is 412 g/mol. The molecule has 2 rings (SSSR count). The molecule has 0 aliphatic rings. The second kappa shape index (κ2) is 7.37. The van der Waals surface area contributed by atoms with Gasteiger partial charge in [-0.15, -0.1) is 0 Å². The molecule has 1 heterocycles. The Morgan fingerprint density at radius 2 is 1.95 bits per heavy atom. The summed E-state index contributed by atoms with van der Waals surface area (Å²) >= 11 is 7.30. The summed E-state index contributed by atoms with van der Waals surface area (Å²) in [6.45, 7) is 1.84. The van der Waals surface area contributed by atoms with Gasteiger partial charge in [0.25, 0.3) is 0 Å². The maximum absolute atomic E-state index is 11.7. The van der Waals surface area contributed by atoms with Gasteiger partial charge in [-0.25, -0.2) is 0 Å². The normalized spacial score (nSPS) is 10.6. The Bertz CT molecular complexity index is 677. The summed E-state index contributed by atoms with van der Waals surface area (Å²) in [5.41, 5.74) is 0.825. The van der Waals surface area contributed by atoms with E-state index in [-0.39, 0.29) is 11.0 Å². The summed E-state index contributed by atoms with van der Waals surface area (Å²) in [6, 6.07) is 11.3. The lowest BCUT2D eigenvalue weighted by Gasteiger charge is -2.07. The molecule has 0 aliphatic carbocycles. The number of thiocarbonyl (C=S) groups is 1. The zero-order valence-corrected chi connectivity index (χ0v) is 14.2. The van der Waals surface area contributed by atoms with E-state index in [0.717, 1.165) is 15.0 Å². The highest BCUT2D eigenvalue weighted by Gasteiger charge is 2.02. The van der Waals surface area contributed by atoms with Gasteiger partial charge in [-0.05, 0) is 84.2 Å². The molecule has 1 aromatic heterocycles. The van der Waals surface area contributed by atoms with Crippen molar-refractivity contribution in [3.8, 4) is 0 Å². The molecule has 0 spiro atoms. The zero-order valence-electron chi connectivity index (χ0n) is 11.2. The van der Waals surface area contributed by atoms with Crippen LogP contribution in [0.5, 0.6) is 0 Å². The van der Waals surface area contributed by atoms with Gasteiger partial charge in [0.1, 0.15) is 11.5 Å². The summed E-state index contributed by atoms with van der Waals surface area (Å²) in [6.07, 6.45) is 2.97. The number of carbonyl (C=O) groups is 1. The van der Waals surface area contributed by atoms with Gasteiger partial charge in [0.05, 0.1) is 0 Å². The molecule has 0 fully saturated rings. The quantitative estimate of drug-likeness (QED) is 0.459. The van der Waals surface area contributed by atoms with Crippen LogP contribution in [0.3, 0.4) is 0 Å². The van der Waals surface area contributed by atoms with Crippen molar-refractivity contribution < 1.29 is 9.21 Å². The third-order valence-electron chi connectivity index (χ3n) is 2.50. The van der Waals surface area contributed by atoms with Crippen molar-refractivity contribution in [1.29, 1.82) is 0 Å². The fraction of sp³-hybridized carbons (Fsp3) is 0.0667. The molecule has 2 N–H and O–H groups in total. The van der Waals surface area contributed by atoms with Gasteiger partial charge in [-0.3, -0.25) is 10.1 Å². The number of rotatable bonds is 3. The fourth-order valence-corrected chi connectivity index (χ4v) is 2.13. The molecule has 0 unspecified atom stereocenters. The first-order valence-electron chi connectivity index (χ1n) is 6.15. The molecule has 21 heavy (non-hydrogen) atoms. The van der Waals surface area contributed by atoms with E-state index in [1.54, 1.807) is 12.1 Å². The van der Waals surface area contributed by atoms with Crippen molar-refractivity contribution in [1.82, 2.24) is 5.32 Å². The van der Waals surface area contributed by atoms with Crippen LogP contribution in [0.25, 0.3) is 6.08 Å². The minimum Gasteiger partial charge on any atom is -0.462 e. The number of halogens is 1. The van der Waals surface area contributed by atoms with Crippen LogP contribution in [0.2, 0.25) is 0 Å². The predicted octanol–water partition coefficient (Wildman–Crippen LogP) is 3.72. The third kappa shape index (κ3) is 5.31. The maximum atomic E-state index is 11.7. The van der Waals surface area contributed by atoms with E-state index in [0.29, 0.717) is 5.76 Å². The number of hydrogen-bond donors (Lipinski definition) is 2. The maximum Gasteiger partial charge on any atom is 0.250 e. The van der Waals surface area contributed by atoms with Crippen LogP contribution in [-0.2, 0) is 4.79 Å². The summed E-state index contributed by atoms with van der Waals surface area (Å²) in [5.74, 6) is 1.11. The van der Waals surface area contributed by atoms with Crippen molar-refractivity contribution in [3.63, 3.8) is 0 Å². The van der Waals surface area contributed by atoms with Crippen molar-refractivity contribution >= 4 is 57.6 Å². The average Bonchev–Trinajstić information content (AvgIpc) is 2.85. The minimum atomic E-state index is -0.313. The molecule has 6 heteroatoms. The number of aryl methyl sites for hydroxylation is 1. The Kier molecular flexibility index (Phi) is 5.51. The second-order valence-corrected chi connectivity index (χ2v) is 5.89. The highest BCUT2D eigenvalue weighted by atomic mass is 127. The first kappa shape index (κ1) is 15.7. The van der Waals surface area contributed by atoms with Crippen LogP contribution in [0.1, 0.15) is 11.5 Å². The predicted molar refractivity (Wildman–Crippen MR) is 96.0 cm³/mol. The molecule has 0 aliphatic heterocycles. The summed E-state index contributed by atoms with van der Waals surface area (Å²) in [7, 11) is 0. The average molecular weight is 412 g/mol. The van der Waals surface area contributed by atoms with Crippen LogP contribution in [0, 0.1) is 10.5 Å². The smallest absolute Gasteiger partial charge is 0.250 e. The SMILES string of the molecule is Cc1ccc(/C=C/C(=O)NC(=S)Nc2ccc(I)cc2)o1. The topological polar surface area (TPSA) is 54.3 Å². The Morgan fingerprint density at radius 3 is 2.57 bits per heavy atom. The lowest BCUT2D eigenvalue weighted by Crippen LogP contribution is -2.32. The second-order valence-electron chi connectivity index (χ2n) is 4.23. The van der Waals surface area contributed by atoms with E-state index in [2.05, 4.69) is 33.2 Å². The largest absolute Gasteiger partial charge is 0.462 e. The standard InChI is InChI=1S/C15H13IN2O2S/c1-10-2-7-13(20-10)8-9-14(19)18-15(21)17-12-5-3-11(16)4-6-12/h2-9H,1H3,(H2,17,18,19,21)/b9-8+. The molecule has 0 bridgehead atoms. The lowest BCUT2D eigenvalue weighted by atomic mass is 10.3. The number of hydrogen-bond acceptors (Lipinski definition) is 3. The summed E-state index contributed by atoms with van der Waals surface area (Å²) < 4.78 is 6.46. The molecule has 0 radical (unpaired) electrons. The van der Waals surface area contributed by atoms with Crippen LogP contribution >= 0.6 is 34.8 Å². The van der Waals surface area contributed by atoms with Gasteiger partial charge in [0.2, 0.25) is 5.91 Å². The summed E-state index contributed by atoms with van der Waals surface area (Å²) in [5, 5.41) is 5.76. The van der Waals surface area contributed by atoms with E-state index in [9.17, 15) is 4.79 Å². The molecular weight excluding hydrogens is 399 g/mol. The molecule has 1 aromatic carbocycles. The van der Waals surface area contributed by atoms with E-state index in [1.165, 1.54) is 6.08 Å². The highest BCUT2D eigenvalue weighted by Crippen LogP contribution is 2.11. The summed E-state index contributed by atoms with van der Waals surface area (Å²) in [4.78, 5) is 11.7. The minimum absolute atomic E-state index is 0.251. The van der Waals surface area contributed by atoms with E-state index >= 15 is 0 Å². The molecule has 2 aromatic rings. The van der Waals surface area contributed by atoms with Crippen molar-refractivity contribution in [2.75, 3.05) is 5.32 Å². The van der Waals surface area contributed by atoms with Crippen molar-refractivity contribution in [3.05, 3.63) is 57.6 Å². The molecule has 0 saturated carbocycles. The van der Waals surface area contributed by atoms with Gasteiger partial charge in [-0.1, -0.05) is 0 Å². The van der Waals surface area contributed by atoms with Gasteiger partial charge in [0.15, 0.2) is 5.11 Å². The van der Waals surface area contributed by atoms with Crippen LogP contribution in [0.4, 0.5) is 5.69 Å². The number of carbonyl (C=O) groups excluding carboxylic acids is 1. The molecule has 108 valence electrons. The Hall–Kier alpha value is -1.67. The molecule has 4 nitrogen and oxygen atoms in total. The van der Waals surface area contributed by atoms with E-state index in [4.69, 9.17) is 16.6 Å².